The Morgan fingerprint density at radius 1 is 1.03 bits per heavy atom. The molecule has 2 heterocycles. The summed E-state index contributed by atoms with van der Waals surface area (Å²) in [5.41, 5.74) is 2.84. The summed E-state index contributed by atoms with van der Waals surface area (Å²) >= 11 is 0. The van der Waals surface area contributed by atoms with Crippen molar-refractivity contribution in [1.82, 2.24) is 14.5 Å². The summed E-state index contributed by atoms with van der Waals surface area (Å²) in [4.78, 5) is 19.5. The van der Waals surface area contributed by atoms with Crippen molar-refractivity contribution in [2.45, 2.75) is 25.4 Å². The van der Waals surface area contributed by atoms with E-state index >= 15 is 0 Å². The monoisotopic (exact) mass is 459 g/mol. The van der Waals surface area contributed by atoms with Crippen LogP contribution in [0.25, 0.3) is 11.0 Å². The van der Waals surface area contributed by atoms with Gasteiger partial charge in [-0.25, -0.2) is 9.37 Å². The smallest absolute Gasteiger partial charge is 0.223 e. The third kappa shape index (κ3) is 4.59. The number of carbonyl (C=O) groups is 1. The molecule has 7 heteroatoms. The Labute approximate surface area is 197 Å². The number of ether oxygens (including phenoxy) is 2. The van der Waals surface area contributed by atoms with Gasteiger partial charge in [0.05, 0.1) is 24.7 Å². The minimum absolute atomic E-state index is 0.0165. The first kappa shape index (κ1) is 21.9. The molecule has 1 saturated heterocycles. The van der Waals surface area contributed by atoms with Gasteiger partial charge in [-0.15, -0.1) is 0 Å². The number of nitrogens with zero attached hydrogens (tertiary/aromatic N) is 3. The zero-order chi connectivity index (χ0) is 23.5. The van der Waals surface area contributed by atoms with E-state index in [1.807, 2.05) is 53.4 Å². The second-order valence-corrected chi connectivity index (χ2v) is 8.44. The van der Waals surface area contributed by atoms with Crippen LogP contribution in [0.3, 0.4) is 0 Å². The fraction of sp³-hybridized carbons (Fsp3) is 0.259. The largest absolute Gasteiger partial charge is 0.497 e. The highest BCUT2D eigenvalue weighted by atomic mass is 19.1. The number of carbonyl (C=O) groups excluding carboxylic acids is 1. The van der Waals surface area contributed by atoms with Crippen LogP contribution in [0.2, 0.25) is 0 Å². The van der Waals surface area contributed by atoms with Gasteiger partial charge in [0.15, 0.2) is 0 Å². The summed E-state index contributed by atoms with van der Waals surface area (Å²) in [7, 11) is 1.63. The fourth-order valence-electron chi connectivity index (χ4n) is 4.49. The van der Waals surface area contributed by atoms with E-state index in [4.69, 9.17) is 14.5 Å². The predicted octanol–water partition coefficient (Wildman–Crippen LogP) is 4.78. The number of fused-ring (bicyclic) bond motifs is 1. The molecule has 0 unspecified atom stereocenters. The van der Waals surface area contributed by atoms with Crippen molar-refractivity contribution in [3.8, 4) is 11.5 Å². The van der Waals surface area contributed by atoms with Gasteiger partial charge < -0.3 is 18.9 Å². The molecule has 5 rings (SSSR count). The first-order valence-corrected chi connectivity index (χ1v) is 11.3. The van der Waals surface area contributed by atoms with Gasteiger partial charge in [0.2, 0.25) is 5.91 Å². The molecule has 0 N–H and O–H groups in total. The molecule has 174 valence electrons. The molecule has 1 atom stereocenters. The number of imidazole rings is 1. The molecule has 0 radical (unpaired) electrons. The van der Waals surface area contributed by atoms with E-state index in [0.29, 0.717) is 32.7 Å². The SMILES string of the molecule is COc1cccc(OCCn2c([C@@H]3CC(=O)N(Cc4ccc(F)cc4)C3)nc3ccccc32)c1. The molecule has 1 fully saturated rings. The summed E-state index contributed by atoms with van der Waals surface area (Å²) in [6.45, 7) is 2.11. The quantitative estimate of drug-likeness (QED) is 0.381. The first-order chi connectivity index (χ1) is 16.6. The van der Waals surface area contributed by atoms with Crippen molar-refractivity contribution >= 4 is 16.9 Å². The Balaban J connectivity index is 1.34. The van der Waals surface area contributed by atoms with E-state index in [-0.39, 0.29) is 17.6 Å². The fourth-order valence-corrected chi connectivity index (χ4v) is 4.49. The van der Waals surface area contributed by atoms with Crippen LogP contribution in [-0.4, -0.2) is 40.6 Å². The third-order valence-corrected chi connectivity index (χ3v) is 6.18. The Bertz CT molecular complexity index is 1300. The van der Waals surface area contributed by atoms with Crippen molar-refractivity contribution < 1.29 is 18.7 Å². The number of methoxy groups -OCH3 is 1. The second-order valence-electron chi connectivity index (χ2n) is 8.44. The molecule has 1 amide bonds. The lowest BCUT2D eigenvalue weighted by atomic mass is 10.1. The standard InChI is InChI=1S/C27H26FN3O3/c1-33-22-5-4-6-23(16-22)34-14-13-31-25-8-3-2-7-24(25)29-27(31)20-15-26(32)30(18-20)17-19-9-11-21(28)12-10-19/h2-12,16,20H,13-15,17-18H2,1H3/t20-/m1/s1. The minimum atomic E-state index is -0.278. The molecular formula is C27H26FN3O3. The number of rotatable bonds is 8. The zero-order valence-electron chi connectivity index (χ0n) is 19.0. The number of amides is 1. The van der Waals surface area contributed by atoms with Crippen molar-refractivity contribution in [2.24, 2.45) is 0 Å². The predicted molar refractivity (Wildman–Crippen MR) is 127 cm³/mol. The van der Waals surface area contributed by atoms with Gasteiger partial charge in [-0.1, -0.05) is 30.3 Å². The number of benzene rings is 3. The van der Waals surface area contributed by atoms with E-state index < -0.39 is 0 Å². The number of hydrogen-bond donors (Lipinski definition) is 0. The lowest BCUT2D eigenvalue weighted by molar-refractivity contribution is -0.128. The molecule has 0 aliphatic carbocycles. The summed E-state index contributed by atoms with van der Waals surface area (Å²) in [6, 6.07) is 21.8. The molecule has 1 aromatic heterocycles. The van der Waals surface area contributed by atoms with E-state index in [9.17, 15) is 9.18 Å². The summed E-state index contributed by atoms with van der Waals surface area (Å²) < 4.78 is 26.7. The van der Waals surface area contributed by atoms with Crippen molar-refractivity contribution in [2.75, 3.05) is 20.3 Å². The van der Waals surface area contributed by atoms with Gasteiger partial charge in [-0.3, -0.25) is 4.79 Å². The maximum absolute atomic E-state index is 13.2. The van der Waals surface area contributed by atoms with E-state index in [2.05, 4.69) is 4.57 Å². The van der Waals surface area contributed by atoms with Crippen molar-refractivity contribution in [3.05, 3.63) is 90.0 Å². The summed E-state index contributed by atoms with van der Waals surface area (Å²) in [6.07, 6.45) is 0.404. The Morgan fingerprint density at radius 2 is 1.82 bits per heavy atom. The molecule has 0 saturated carbocycles. The van der Waals surface area contributed by atoms with Gasteiger partial charge in [-0.05, 0) is 42.0 Å². The molecule has 3 aromatic carbocycles. The Morgan fingerprint density at radius 3 is 2.65 bits per heavy atom. The number of aromatic nitrogens is 2. The highest BCUT2D eigenvalue weighted by Crippen LogP contribution is 2.31. The highest BCUT2D eigenvalue weighted by Gasteiger charge is 2.34. The maximum atomic E-state index is 13.2. The Kier molecular flexibility index (Phi) is 6.16. The van der Waals surface area contributed by atoms with Gasteiger partial charge in [0, 0.05) is 31.5 Å². The number of hydrogen-bond acceptors (Lipinski definition) is 4. The molecule has 0 bridgehead atoms. The van der Waals surface area contributed by atoms with Gasteiger partial charge in [0.25, 0.3) is 0 Å². The van der Waals surface area contributed by atoms with Crippen LogP contribution in [0.15, 0.2) is 72.8 Å². The average Bonchev–Trinajstić information content (AvgIpc) is 3.41. The second kappa shape index (κ2) is 9.55. The maximum Gasteiger partial charge on any atom is 0.223 e. The van der Waals surface area contributed by atoms with Crippen LogP contribution in [0.1, 0.15) is 23.7 Å². The van der Waals surface area contributed by atoms with Crippen LogP contribution in [-0.2, 0) is 17.9 Å². The summed E-state index contributed by atoms with van der Waals surface area (Å²) in [5, 5.41) is 0. The minimum Gasteiger partial charge on any atom is -0.497 e. The van der Waals surface area contributed by atoms with Crippen LogP contribution >= 0.6 is 0 Å². The van der Waals surface area contributed by atoms with E-state index in [1.165, 1.54) is 12.1 Å². The molecule has 0 spiro atoms. The number of halogens is 1. The molecule has 4 aromatic rings. The molecule has 1 aliphatic rings. The van der Waals surface area contributed by atoms with Crippen LogP contribution in [0.5, 0.6) is 11.5 Å². The van der Waals surface area contributed by atoms with Gasteiger partial charge in [0.1, 0.15) is 29.7 Å². The van der Waals surface area contributed by atoms with Crippen molar-refractivity contribution in [1.29, 1.82) is 0 Å². The van der Waals surface area contributed by atoms with E-state index in [0.717, 1.165) is 33.9 Å². The molecular weight excluding hydrogens is 433 g/mol. The highest BCUT2D eigenvalue weighted by molar-refractivity contribution is 5.81. The number of para-hydroxylation sites is 2. The molecule has 1 aliphatic heterocycles. The van der Waals surface area contributed by atoms with Crippen LogP contribution < -0.4 is 9.47 Å². The topological polar surface area (TPSA) is 56.6 Å². The Hall–Kier alpha value is -3.87. The number of likely N-dealkylation sites (tertiary alicyclic amines) is 1. The third-order valence-electron chi connectivity index (χ3n) is 6.18. The van der Waals surface area contributed by atoms with E-state index in [1.54, 1.807) is 19.2 Å². The normalized spacial score (nSPS) is 15.8. The zero-order valence-corrected chi connectivity index (χ0v) is 19.0. The average molecular weight is 460 g/mol. The molecule has 6 nitrogen and oxygen atoms in total. The van der Waals surface area contributed by atoms with Crippen molar-refractivity contribution in [3.63, 3.8) is 0 Å². The lowest BCUT2D eigenvalue weighted by Gasteiger charge is -2.17. The van der Waals surface area contributed by atoms with Gasteiger partial charge >= 0.3 is 0 Å². The van der Waals surface area contributed by atoms with Crippen LogP contribution in [0.4, 0.5) is 4.39 Å². The van der Waals surface area contributed by atoms with Gasteiger partial charge in [-0.2, -0.15) is 0 Å². The first-order valence-electron chi connectivity index (χ1n) is 11.3. The lowest BCUT2D eigenvalue weighted by Crippen LogP contribution is -2.24. The summed E-state index contributed by atoms with van der Waals surface area (Å²) in [5.74, 6) is 2.17. The molecule has 34 heavy (non-hydrogen) atoms. The van der Waals surface area contributed by atoms with Crippen LogP contribution in [0, 0.1) is 5.82 Å².